The molecule has 0 aliphatic heterocycles. The SMILES string of the molecule is Cc1ccc(-c2c(C(N)=O)c(C)n(CCCN(C)C)c2C)cc1. The first-order chi connectivity index (χ1) is 10.8. The molecule has 4 nitrogen and oxygen atoms in total. The molecular weight excluding hydrogens is 286 g/mol. The highest BCUT2D eigenvalue weighted by Crippen LogP contribution is 2.32. The minimum absolute atomic E-state index is 0.354. The number of primary amides is 1. The van der Waals surface area contributed by atoms with Crippen LogP contribution in [0.2, 0.25) is 0 Å². The van der Waals surface area contributed by atoms with E-state index in [9.17, 15) is 4.79 Å². The van der Waals surface area contributed by atoms with E-state index in [2.05, 4.69) is 61.7 Å². The summed E-state index contributed by atoms with van der Waals surface area (Å²) in [5, 5.41) is 0. The molecule has 0 unspecified atom stereocenters. The van der Waals surface area contributed by atoms with E-state index in [-0.39, 0.29) is 5.91 Å². The lowest BCUT2D eigenvalue weighted by Crippen LogP contribution is -2.16. The Kier molecular flexibility index (Phi) is 5.26. The molecule has 1 aromatic carbocycles. The van der Waals surface area contributed by atoms with Crippen LogP contribution < -0.4 is 5.73 Å². The highest BCUT2D eigenvalue weighted by atomic mass is 16.1. The molecule has 1 amide bonds. The Morgan fingerprint density at radius 2 is 1.70 bits per heavy atom. The minimum atomic E-state index is -0.354. The highest BCUT2D eigenvalue weighted by Gasteiger charge is 2.22. The number of nitrogens with zero attached hydrogens (tertiary/aromatic N) is 2. The summed E-state index contributed by atoms with van der Waals surface area (Å²) in [6.45, 7) is 8.03. The first kappa shape index (κ1) is 17.3. The van der Waals surface area contributed by atoms with Gasteiger partial charge in [0.15, 0.2) is 0 Å². The highest BCUT2D eigenvalue weighted by molar-refractivity contribution is 6.02. The van der Waals surface area contributed by atoms with Crippen LogP contribution in [0.5, 0.6) is 0 Å². The summed E-state index contributed by atoms with van der Waals surface area (Å²) in [5.74, 6) is -0.354. The number of hydrogen-bond donors (Lipinski definition) is 1. The average Bonchev–Trinajstić information content (AvgIpc) is 2.72. The monoisotopic (exact) mass is 313 g/mol. The molecule has 0 fully saturated rings. The molecule has 2 rings (SSSR count). The molecule has 1 heterocycles. The minimum Gasteiger partial charge on any atom is -0.366 e. The molecule has 0 atom stereocenters. The number of amides is 1. The van der Waals surface area contributed by atoms with Gasteiger partial charge in [-0.15, -0.1) is 0 Å². The average molecular weight is 313 g/mol. The Hall–Kier alpha value is -2.07. The summed E-state index contributed by atoms with van der Waals surface area (Å²) in [6, 6.07) is 8.26. The van der Waals surface area contributed by atoms with Crippen molar-refractivity contribution in [3.05, 3.63) is 46.8 Å². The van der Waals surface area contributed by atoms with E-state index in [1.807, 2.05) is 6.92 Å². The van der Waals surface area contributed by atoms with Crippen LogP contribution in [-0.4, -0.2) is 36.0 Å². The van der Waals surface area contributed by atoms with Crippen molar-refractivity contribution in [2.24, 2.45) is 5.73 Å². The number of nitrogens with two attached hydrogens (primary N) is 1. The van der Waals surface area contributed by atoms with Crippen LogP contribution >= 0.6 is 0 Å². The van der Waals surface area contributed by atoms with Crippen LogP contribution in [0.15, 0.2) is 24.3 Å². The zero-order chi connectivity index (χ0) is 17.1. The van der Waals surface area contributed by atoms with Gasteiger partial charge < -0.3 is 15.2 Å². The normalized spacial score (nSPS) is 11.2. The van der Waals surface area contributed by atoms with Crippen molar-refractivity contribution in [2.45, 2.75) is 33.7 Å². The van der Waals surface area contributed by atoms with E-state index in [0.29, 0.717) is 5.56 Å². The fraction of sp³-hybridized carbons (Fsp3) is 0.421. The van der Waals surface area contributed by atoms with Crippen molar-refractivity contribution in [2.75, 3.05) is 20.6 Å². The third-order valence-corrected chi connectivity index (χ3v) is 4.36. The van der Waals surface area contributed by atoms with Gasteiger partial charge in [-0.2, -0.15) is 0 Å². The van der Waals surface area contributed by atoms with E-state index < -0.39 is 0 Å². The number of rotatable bonds is 6. The number of carbonyl (C=O) groups is 1. The fourth-order valence-electron chi connectivity index (χ4n) is 3.14. The molecule has 0 spiro atoms. The molecule has 2 aromatic rings. The summed E-state index contributed by atoms with van der Waals surface area (Å²) in [6.07, 6.45) is 1.04. The molecule has 0 saturated heterocycles. The lowest BCUT2D eigenvalue weighted by molar-refractivity contribution is 0.1000. The van der Waals surface area contributed by atoms with Gasteiger partial charge in [-0.05, 0) is 53.4 Å². The van der Waals surface area contributed by atoms with Gasteiger partial charge >= 0.3 is 0 Å². The zero-order valence-corrected chi connectivity index (χ0v) is 14.8. The standard InChI is InChI=1S/C19H27N3O/c1-13-7-9-16(10-8-13)17-14(2)22(12-6-11-21(4)5)15(3)18(17)19(20)23/h7-10H,6,11-12H2,1-5H3,(H2,20,23). The van der Waals surface area contributed by atoms with Gasteiger partial charge in [-0.25, -0.2) is 0 Å². The molecule has 23 heavy (non-hydrogen) atoms. The van der Waals surface area contributed by atoms with Crippen molar-refractivity contribution in [3.8, 4) is 11.1 Å². The number of benzene rings is 1. The zero-order valence-electron chi connectivity index (χ0n) is 14.8. The second-order valence-corrected chi connectivity index (χ2v) is 6.46. The predicted molar refractivity (Wildman–Crippen MR) is 95.8 cm³/mol. The first-order valence-corrected chi connectivity index (χ1v) is 8.04. The molecule has 4 heteroatoms. The molecule has 1 aromatic heterocycles. The number of aromatic nitrogens is 1. The first-order valence-electron chi connectivity index (χ1n) is 8.04. The van der Waals surface area contributed by atoms with Gasteiger partial charge in [-0.1, -0.05) is 29.8 Å². The maximum atomic E-state index is 12.0. The molecule has 0 radical (unpaired) electrons. The molecular formula is C19H27N3O. The van der Waals surface area contributed by atoms with E-state index in [1.54, 1.807) is 0 Å². The van der Waals surface area contributed by atoms with Crippen molar-refractivity contribution in [1.82, 2.24) is 9.47 Å². The summed E-state index contributed by atoms with van der Waals surface area (Å²) in [5.41, 5.74) is 11.6. The van der Waals surface area contributed by atoms with E-state index in [1.165, 1.54) is 5.56 Å². The maximum absolute atomic E-state index is 12.0. The van der Waals surface area contributed by atoms with Gasteiger partial charge in [0, 0.05) is 23.5 Å². The van der Waals surface area contributed by atoms with Gasteiger partial charge in [0.2, 0.25) is 0 Å². The fourth-order valence-corrected chi connectivity index (χ4v) is 3.14. The number of hydrogen-bond acceptors (Lipinski definition) is 2. The summed E-state index contributed by atoms with van der Waals surface area (Å²) in [7, 11) is 4.14. The van der Waals surface area contributed by atoms with Crippen molar-refractivity contribution in [3.63, 3.8) is 0 Å². The molecule has 0 aliphatic carbocycles. The second kappa shape index (κ2) is 7.01. The molecule has 0 aliphatic rings. The molecule has 0 saturated carbocycles. The van der Waals surface area contributed by atoms with Crippen LogP contribution in [0.25, 0.3) is 11.1 Å². The van der Waals surface area contributed by atoms with E-state index in [4.69, 9.17) is 5.73 Å². The van der Waals surface area contributed by atoms with Gasteiger partial charge in [0.25, 0.3) is 5.91 Å². The molecule has 2 N–H and O–H groups in total. The van der Waals surface area contributed by atoms with Crippen molar-refractivity contribution in [1.29, 1.82) is 0 Å². The van der Waals surface area contributed by atoms with Crippen LogP contribution in [0, 0.1) is 20.8 Å². The third kappa shape index (κ3) is 3.64. The lowest BCUT2D eigenvalue weighted by atomic mass is 9.99. The largest absolute Gasteiger partial charge is 0.366 e. The maximum Gasteiger partial charge on any atom is 0.251 e. The lowest BCUT2D eigenvalue weighted by Gasteiger charge is -2.13. The van der Waals surface area contributed by atoms with Crippen LogP contribution in [-0.2, 0) is 6.54 Å². The summed E-state index contributed by atoms with van der Waals surface area (Å²) in [4.78, 5) is 14.2. The summed E-state index contributed by atoms with van der Waals surface area (Å²) >= 11 is 0. The topological polar surface area (TPSA) is 51.3 Å². The Bertz CT molecular complexity index is 696. The Balaban J connectivity index is 2.48. The Labute approximate surface area is 138 Å². The van der Waals surface area contributed by atoms with Crippen LogP contribution in [0.3, 0.4) is 0 Å². The van der Waals surface area contributed by atoms with Crippen molar-refractivity contribution < 1.29 is 4.79 Å². The number of carbonyl (C=O) groups excluding carboxylic acids is 1. The summed E-state index contributed by atoms with van der Waals surface area (Å²) < 4.78 is 2.22. The van der Waals surface area contributed by atoms with Gasteiger partial charge in [0.05, 0.1) is 5.56 Å². The molecule has 124 valence electrons. The molecule has 0 bridgehead atoms. The van der Waals surface area contributed by atoms with E-state index >= 15 is 0 Å². The Morgan fingerprint density at radius 1 is 1.09 bits per heavy atom. The third-order valence-electron chi connectivity index (χ3n) is 4.36. The van der Waals surface area contributed by atoms with E-state index in [0.717, 1.165) is 42.0 Å². The van der Waals surface area contributed by atoms with Gasteiger partial charge in [0.1, 0.15) is 0 Å². The Morgan fingerprint density at radius 3 is 2.22 bits per heavy atom. The second-order valence-electron chi connectivity index (χ2n) is 6.46. The van der Waals surface area contributed by atoms with Crippen LogP contribution in [0.1, 0.15) is 33.7 Å². The smallest absolute Gasteiger partial charge is 0.251 e. The van der Waals surface area contributed by atoms with Crippen LogP contribution in [0.4, 0.5) is 0 Å². The predicted octanol–water partition coefficient (Wildman–Crippen LogP) is 3.13. The van der Waals surface area contributed by atoms with Crippen molar-refractivity contribution >= 4 is 5.91 Å². The quantitative estimate of drug-likeness (QED) is 0.891. The van der Waals surface area contributed by atoms with Gasteiger partial charge in [-0.3, -0.25) is 4.79 Å². The number of aryl methyl sites for hydroxylation is 1.